The summed E-state index contributed by atoms with van der Waals surface area (Å²) in [5.41, 5.74) is 1.14. The fraction of sp³-hybridized carbons (Fsp3) is 0.333. The lowest BCUT2D eigenvalue weighted by atomic mass is 9.98. The number of ether oxygens (including phenoxy) is 1. The number of esters is 1. The fourth-order valence-corrected chi connectivity index (χ4v) is 1.38. The molecule has 0 saturated carbocycles. The summed E-state index contributed by atoms with van der Waals surface area (Å²) in [5, 5.41) is 2.75. The lowest BCUT2D eigenvalue weighted by molar-refractivity contribution is -0.143. The van der Waals surface area contributed by atoms with Crippen molar-refractivity contribution < 1.29 is 14.3 Å². The Balaban J connectivity index is 2.82. The number of carbonyl (C=O) groups excluding carboxylic acids is 2. The third-order valence-electron chi connectivity index (χ3n) is 2.43. The Labute approximate surface area is 98.8 Å². The van der Waals surface area contributed by atoms with E-state index in [0.717, 1.165) is 5.56 Å². The van der Waals surface area contributed by atoms with Crippen LogP contribution in [0, 0.1) is 10.8 Å². The summed E-state index contributed by atoms with van der Waals surface area (Å²) in [6, 6.07) is 6.42. The number of hydrogen-bond acceptors (Lipinski definition) is 5. The van der Waals surface area contributed by atoms with Crippen LogP contribution in [0.5, 0.6) is 0 Å². The Morgan fingerprint density at radius 3 is 2.35 bits per heavy atom. The summed E-state index contributed by atoms with van der Waals surface area (Å²) in [5.74, 6) is -1.69. The smallest absolute Gasteiger partial charge is 0.316 e. The second-order valence-electron chi connectivity index (χ2n) is 3.59. The number of Topliss-reactive ketones (excluding diaryl/α,β-unsaturated/α-hetero) is 1. The van der Waals surface area contributed by atoms with E-state index in [9.17, 15) is 14.5 Å². The second-order valence-corrected chi connectivity index (χ2v) is 3.59. The maximum atomic E-state index is 11.8. The molecule has 0 bridgehead atoms. The van der Waals surface area contributed by atoms with Crippen LogP contribution in [-0.2, 0) is 16.1 Å². The van der Waals surface area contributed by atoms with Gasteiger partial charge in [0.05, 0.1) is 7.11 Å². The zero-order chi connectivity index (χ0) is 12.8. The zero-order valence-corrected chi connectivity index (χ0v) is 9.67. The van der Waals surface area contributed by atoms with E-state index in [2.05, 4.69) is 9.91 Å². The Morgan fingerprint density at radius 1 is 1.29 bits per heavy atom. The van der Waals surface area contributed by atoms with Gasteiger partial charge in [-0.1, -0.05) is 29.4 Å². The van der Waals surface area contributed by atoms with Crippen LogP contribution in [0.2, 0.25) is 0 Å². The number of hydrogen-bond donors (Lipinski definition) is 0. The van der Waals surface area contributed by atoms with Crippen LogP contribution in [0.4, 0.5) is 0 Å². The maximum Gasteiger partial charge on any atom is 0.316 e. The summed E-state index contributed by atoms with van der Waals surface area (Å²) >= 11 is 0. The van der Waals surface area contributed by atoms with Crippen LogP contribution in [0.15, 0.2) is 29.4 Å². The topological polar surface area (TPSA) is 72.8 Å². The predicted octanol–water partition coefficient (Wildman–Crippen LogP) is 1.94. The molecule has 1 atom stereocenters. The van der Waals surface area contributed by atoms with Gasteiger partial charge in [-0.3, -0.25) is 9.59 Å². The predicted molar refractivity (Wildman–Crippen MR) is 61.5 cm³/mol. The van der Waals surface area contributed by atoms with E-state index in [1.807, 2.05) is 0 Å². The number of carbonyl (C=O) groups is 2. The van der Waals surface area contributed by atoms with Gasteiger partial charge in [-0.2, -0.15) is 4.91 Å². The first kappa shape index (κ1) is 13.0. The normalized spacial score (nSPS) is 11.6. The summed E-state index contributed by atoms with van der Waals surface area (Å²) in [6.07, 6.45) is 0. The van der Waals surface area contributed by atoms with E-state index >= 15 is 0 Å². The van der Waals surface area contributed by atoms with Crippen molar-refractivity contribution in [2.24, 2.45) is 11.1 Å². The Hall–Kier alpha value is -2.04. The molecule has 90 valence electrons. The third-order valence-corrected chi connectivity index (χ3v) is 2.43. The SMILES string of the molecule is COC(=O)C(C)C(=O)c1ccc(CN=O)cc1. The summed E-state index contributed by atoms with van der Waals surface area (Å²) in [4.78, 5) is 33.1. The molecule has 0 aromatic heterocycles. The molecule has 0 amide bonds. The first-order valence-corrected chi connectivity index (χ1v) is 5.10. The molecule has 0 aliphatic rings. The van der Waals surface area contributed by atoms with Crippen molar-refractivity contribution >= 4 is 11.8 Å². The van der Waals surface area contributed by atoms with Gasteiger partial charge in [-0.25, -0.2) is 0 Å². The average molecular weight is 235 g/mol. The van der Waals surface area contributed by atoms with Crippen molar-refractivity contribution in [3.05, 3.63) is 40.3 Å². The molecule has 0 saturated heterocycles. The van der Waals surface area contributed by atoms with Crippen molar-refractivity contribution in [1.82, 2.24) is 0 Å². The molecular formula is C12H13NO4. The minimum absolute atomic E-state index is 0.0705. The molecule has 1 aromatic rings. The fourth-order valence-electron chi connectivity index (χ4n) is 1.38. The van der Waals surface area contributed by atoms with Gasteiger partial charge in [-0.05, 0) is 12.5 Å². The highest BCUT2D eigenvalue weighted by Crippen LogP contribution is 2.12. The van der Waals surface area contributed by atoms with E-state index in [1.165, 1.54) is 14.0 Å². The molecule has 1 aromatic carbocycles. The van der Waals surface area contributed by atoms with Crippen LogP contribution in [-0.4, -0.2) is 18.9 Å². The molecule has 1 rings (SSSR count). The summed E-state index contributed by atoms with van der Waals surface area (Å²) in [7, 11) is 1.24. The van der Waals surface area contributed by atoms with Gasteiger partial charge in [0, 0.05) is 5.56 Å². The molecule has 0 radical (unpaired) electrons. The third kappa shape index (κ3) is 3.21. The molecule has 0 N–H and O–H groups in total. The largest absolute Gasteiger partial charge is 0.468 e. The molecule has 17 heavy (non-hydrogen) atoms. The van der Waals surface area contributed by atoms with Crippen LogP contribution in [0.1, 0.15) is 22.8 Å². The highest BCUT2D eigenvalue weighted by molar-refractivity contribution is 6.08. The van der Waals surface area contributed by atoms with E-state index in [0.29, 0.717) is 5.56 Å². The van der Waals surface area contributed by atoms with Crippen molar-refractivity contribution in [3.63, 3.8) is 0 Å². The molecule has 0 spiro atoms. The average Bonchev–Trinajstić information content (AvgIpc) is 2.37. The van der Waals surface area contributed by atoms with Crippen LogP contribution < -0.4 is 0 Å². The quantitative estimate of drug-likeness (QED) is 0.338. The number of rotatable bonds is 5. The molecule has 5 heteroatoms. The lowest BCUT2D eigenvalue weighted by Crippen LogP contribution is -2.22. The van der Waals surface area contributed by atoms with Gasteiger partial charge < -0.3 is 4.74 Å². The Morgan fingerprint density at radius 2 is 1.88 bits per heavy atom. The van der Waals surface area contributed by atoms with Gasteiger partial charge in [0.25, 0.3) is 0 Å². The van der Waals surface area contributed by atoms with Crippen LogP contribution >= 0.6 is 0 Å². The maximum absolute atomic E-state index is 11.8. The summed E-state index contributed by atoms with van der Waals surface area (Å²) in [6.45, 7) is 1.57. The van der Waals surface area contributed by atoms with Gasteiger partial charge in [0.15, 0.2) is 5.78 Å². The lowest BCUT2D eigenvalue weighted by Gasteiger charge is -2.08. The van der Waals surface area contributed by atoms with Crippen molar-refractivity contribution in [2.75, 3.05) is 7.11 Å². The Bertz CT molecular complexity index is 425. The van der Waals surface area contributed by atoms with Gasteiger partial charge in [0.1, 0.15) is 12.5 Å². The van der Waals surface area contributed by atoms with E-state index in [-0.39, 0.29) is 12.3 Å². The highest BCUT2D eigenvalue weighted by atomic mass is 16.5. The molecule has 1 unspecified atom stereocenters. The molecule has 0 aliphatic heterocycles. The van der Waals surface area contributed by atoms with Gasteiger partial charge in [0.2, 0.25) is 0 Å². The second kappa shape index (κ2) is 5.89. The first-order chi connectivity index (χ1) is 8.10. The number of benzene rings is 1. The molecule has 0 fully saturated rings. The standard InChI is InChI=1S/C12H13NO4/c1-8(12(15)17-2)11(14)10-5-3-9(4-6-10)7-13-16/h3-6,8H,7H2,1-2H3. The minimum atomic E-state index is -0.824. The van der Waals surface area contributed by atoms with E-state index < -0.39 is 11.9 Å². The van der Waals surface area contributed by atoms with E-state index in [4.69, 9.17) is 0 Å². The molecule has 5 nitrogen and oxygen atoms in total. The molecule has 0 heterocycles. The van der Waals surface area contributed by atoms with Crippen LogP contribution in [0.3, 0.4) is 0 Å². The highest BCUT2D eigenvalue weighted by Gasteiger charge is 2.23. The van der Waals surface area contributed by atoms with Gasteiger partial charge in [-0.15, -0.1) is 0 Å². The number of methoxy groups -OCH3 is 1. The monoisotopic (exact) mass is 235 g/mol. The first-order valence-electron chi connectivity index (χ1n) is 5.10. The van der Waals surface area contributed by atoms with Gasteiger partial charge >= 0.3 is 5.97 Å². The molecule has 0 aliphatic carbocycles. The van der Waals surface area contributed by atoms with Crippen LogP contribution in [0.25, 0.3) is 0 Å². The number of nitrogens with zero attached hydrogens (tertiary/aromatic N) is 1. The van der Waals surface area contributed by atoms with Crippen molar-refractivity contribution in [3.8, 4) is 0 Å². The molecular weight excluding hydrogens is 222 g/mol. The number of nitroso groups, excluding NO2 is 1. The summed E-state index contributed by atoms with van der Waals surface area (Å²) < 4.78 is 4.50. The number of ketones is 1. The van der Waals surface area contributed by atoms with Crippen molar-refractivity contribution in [2.45, 2.75) is 13.5 Å². The minimum Gasteiger partial charge on any atom is -0.468 e. The van der Waals surface area contributed by atoms with Crippen molar-refractivity contribution in [1.29, 1.82) is 0 Å². The zero-order valence-electron chi connectivity index (χ0n) is 9.67. The van der Waals surface area contributed by atoms with E-state index in [1.54, 1.807) is 24.3 Å². The Kier molecular flexibility index (Phi) is 4.51.